The van der Waals surface area contributed by atoms with Crippen molar-refractivity contribution in [2.75, 3.05) is 0 Å². The van der Waals surface area contributed by atoms with E-state index < -0.39 is 17.0 Å². The van der Waals surface area contributed by atoms with Gasteiger partial charge >= 0.3 is 0 Å². The van der Waals surface area contributed by atoms with Gasteiger partial charge in [0.1, 0.15) is 11.5 Å². The van der Waals surface area contributed by atoms with Crippen molar-refractivity contribution in [2.45, 2.75) is 60.9 Å². The van der Waals surface area contributed by atoms with E-state index in [0.29, 0.717) is 34.3 Å². The molecular weight excluding hydrogens is 481 g/mol. The highest BCUT2D eigenvalue weighted by molar-refractivity contribution is 6.13. The first-order chi connectivity index (χ1) is 18.0. The third-order valence-corrected chi connectivity index (χ3v) is 6.51. The van der Waals surface area contributed by atoms with Crippen LogP contribution in [0.25, 0.3) is 16.7 Å². The number of rotatable bonds is 8. The van der Waals surface area contributed by atoms with Gasteiger partial charge in [0, 0.05) is 12.2 Å². The number of phenolic OH excluding ortho intramolecular Hbond substituents is 2. The molecule has 3 rings (SSSR count). The zero-order valence-corrected chi connectivity index (χ0v) is 23.3. The molecule has 0 unspecified atom stereocenters. The molecule has 1 atom stereocenters. The molecule has 1 heterocycles. The molecule has 202 valence electrons. The van der Waals surface area contributed by atoms with E-state index in [4.69, 9.17) is 0 Å². The molecule has 0 aliphatic heterocycles. The highest BCUT2D eigenvalue weighted by Gasteiger charge is 2.26. The summed E-state index contributed by atoms with van der Waals surface area (Å²) in [7, 11) is 0. The van der Waals surface area contributed by atoms with Gasteiger partial charge < -0.3 is 14.8 Å². The molecule has 5 nitrogen and oxygen atoms in total. The summed E-state index contributed by atoms with van der Waals surface area (Å²) in [6, 6.07) is 12.8. The first-order valence-electron chi connectivity index (χ1n) is 12.9. The Labute approximate surface area is 224 Å². The van der Waals surface area contributed by atoms with Crippen LogP contribution in [-0.2, 0) is 0 Å². The van der Waals surface area contributed by atoms with Gasteiger partial charge in [0.2, 0.25) is 5.43 Å². The lowest BCUT2D eigenvalue weighted by molar-refractivity contribution is 0.101. The monoisotopic (exact) mass is 519 g/mol. The highest BCUT2D eigenvalue weighted by atomic mass is 19.1. The van der Waals surface area contributed by atoms with Crippen molar-refractivity contribution in [3.8, 4) is 11.5 Å². The molecule has 2 aromatic carbocycles. The zero-order chi connectivity index (χ0) is 28.7. The average molecular weight is 520 g/mol. The number of halogens is 1. The van der Waals surface area contributed by atoms with E-state index in [9.17, 15) is 19.8 Å². The first kappa shape index (κ1) is 30.3. The number of hydrogen-bond acceptors (Lipinski definition) is 4. The van der Waals surface area contributed by atoms with Gasteiger partial charge in [-0.15, -0.1) is 0 Å². The first-order valence-corrected chi connectivity index (χ1v) is 12.9. The van der Waals surface area contributed by atoms with Gasteiger partial charge in [0.25, 0.3) is 0 Å². The van der Waals surface area contributed by atoms with Crippen molar-refractivity contribution in [3.63, 3.8) is 0 Å². The average Bonchev–Trinajstić information content (AvgIpc) is 2.88. The van der Waals surface area contributed by atoms with Crippen LogP contribution < -0.4 is 5.43 Å². The number of phenols is 2. The second-order valence-corrected chi connectivity index (χ2v) is 9.29. The third kappa shape index (κ3) is 6.31. The van der Waals surface area contributed by atoms with Gasteiger partial charge in [-0.05, 0) is 78.3 Å². The summed E-state index contributed by atoms with van der Waals surface area (Å²) in [5.41, 5.74) is 1.90. The van der Waals surface area contributed by atoms with Gasteiger partial charge in [-0.25, -0.2) is 4.39 Å². The summed E-state index contributed by atoms with van der Waals surface area (Å²) in [4.78, 5) is 25.1. The van der Waals surface area contributed by atoms with E-state index in [1.54, 1.807) is 35.8 Å². The lowest BCUT2D eigenvalue weighted by Crippen LogP contribution is -2.27. The topological polar surface area (TPSA) is 79.5 Å². The zero-order valence-electron chi connectivity index (χ0n) is 23.3. The largest absolute Gasteiger partial charge is 0.508 e. The summed E-state index contributed by atoms with van der Waals surface area (Å²) >= 11 is 0. The summed E-state index contributed by atoms with van der Waals surface area (Å²) in [5.74, 6) is -1.21. The minimum absolute atomic E-state index is 0.0748. The Morgan fingerprint density at radius 2 is 1.42 bits per heavy atom. The Hall–Kier alpha value is -3.93. The molecule has 38 heavy (non-hydrogen) atoms. The van der Waals surface area contributed by atoms with Crippen LogP contribution in [0.5, 0.6) is 11.5 Å². The number of pyridine rings is 1. The van der Waals surface area contributed by atoms with E-state index >= 15 is 4.39 Å². The van der Waals surface area contributed by atoms with Crippen LogP contribution in [0.15, 0.2) is 66.1 Å². The molecule has 2 N–H and O–H groups in total. The number of aromatic nitrogens is 1. The fourth-order valence-electron chi connectivity index (χ4n) is 4.63. The van der Waals surface area contributed by atoms with Crippen LogP contribution in [0.3, 0.4) is 0 Å². The quantitative estimate of drug-likeness (QED) is 0.234. The van der Waals surface area contributed by atoms with Gasteiger partial charge in [0.05, 0.1) is 11.3 Å². The van der Waals surface area contributed by atoms with E-state index in [-0.39, 0.29) is 34.7 Å². The number of carbonyl (C=O) groups is 1. The van der Waals surface area contributed by atoms with Crippen LogP contribution in [0.2, 0.25) is 0 Å². The lowest BCUT2D eigenvalue weighted by Gasteiger charge is -2.28. The van der Waals surface area contributed by atoms with E-state index in [1.807, 2.05) is 34.6 Å². The normalized spacial score (nSPS) is 12.3. The second-order valence-electron chi connectivity index (χ2n) is 9.29. The fourth-order valence-corrected chi connectivity index (χ4v) is 4.63. The maximum absolute atomic E-state index is 15.9. The molecule has 0 fully saturated rings. The maximum atomic E-state index is 15.9. The molecular formula is C32H38FNO4. The molecule has 0 aliphatic rings. The highest BCUT2D eigenvalue weighted by Crippen LogP contribution is 2.39. The Kier molecular flexibility index (Phi) is 10.4. The molecule has 0 saturated heterocycles. The minimum Gasteiger partial charge on any atom is -0.508 e. The second kappa shape index (κ2) is 13.0. The molecule has 0 radical (unpaired) electrons. The SMILES string of the molecule is C=C(/C(=C(\C)c1c(F)c(=O)c(C(C)=O)cn1[C@@H](CC)C(C)C)c1ccc(O)cc1)c1ccc(O)cc1.CC. The Balaban J connectivity index is 0.00000247. The number of benzene rings is 2. The predicted molar refractivity (Wildman–Crippen MR) is 154 cm³/mol. The van der Waals surface area contributed by atoms with Crippen LogP contribution in [0, 0.1) is 11.7 Å². The predicted octanol–water partition coefficient (Wildman–Crippen LogP) is 7.88. The number of Topliss-reactive ketones (excluding diaryl/α,β-unsaturated/α-hetero) is 1. The molecule has 0 amide bonds. The number of allylic oxidation sites excluding steroid dienone is 3. The van der Waals surface area contributed by atoms with E-state index in [1.165, 1.54) is 37.4 Å². The standard InChI is InChI=1S/C30H32FNO4.C2H6/c1-7-26(17(2)3)32-16-25(20(6)33)30(36)28(31)29(32)19(5)27(22-10-14-24(35)15-11-22)18(4)21-8-12-23(34)13-9-21;1-2/h8-17,26,34-35H,4,7H2,1-3,5-6H3;1-2H3/b27-19-;/t26-;/m0./s1. The number of ketones is 1. The number of aromatic hydroxyl groups is 2. The summed E-state index contributed by atoms with van der Waals surface area (Å²) in [6.07, 6.45) is 2.13. The maximum Gasteiger partial charge on any atom is 0.228 e. The molecule has 3 aromatic rings. The third-order valence-electron chi connectivity index (χ3n) is 6.51. The summed E-state index contributed by atoms with van der Waals surface area (Å²) < 4.78 is 17.6. The number of hydrogen-bond donors (Lipinski definition) is 2. The van der Waals surface area contributed by atoms with Crippen molar-refractivity contribution >= 4 is 22.5 Å². The van der Waals surface area contributed by atoms with Gasteiger partial charge in [-0.2, -0.15) is 0 Å². The van der Waals surface area contributed by atoms with Crippen LogP contribution in [-0.4, -0.2) is 20.6 Å². The lowest BCUT2D eigenvalue weighted by atomic mass is 9.88. The smallest absolute Gasteiger partial charge is 0.228 e. The molecule has 0 aliphatic carbocycles. The van der Waals surface area contributed by atoms with Crippen molar-refractivity contribution in [1.82, 2.24) is 4.57 Å². The van der Waals surface area contributed by atoms with Gasteiger partial charge in [-0.1, -0.05) is 65.5 Å². The van der Waals surface area contributed by atoms with Gasteiger partial charge in [0.15, 0.2) is 11.6 Å². The van der Waals surface area contributed by atoms with Gasteiger partial charge in [-0.3, -0.25) is 9.59 Å². The van der Waals surface area contributed by atoms with Crippen molar-refractivity contribution < 1.29 is 19.4 Å². The summed E-state index contributed by atoms with van der Waals surface area (Å²) in [6.45, 7) is 17.2. The Bertz CT molecular complexity index is 1380. The van der Waals surface area contributed by atoms with Crippen LogP contribution in [0.1, 0.15) is 88.1 Å². The number of nitrogens with zero attached hydrogens (tertiary/aromatic N) is 1. The fraction of sp³-hybridized carbons (Fsp3) is 0.312. The molecule has 0 bridgehead atoms. The van der Waals surface area contributed by atoms with E-state index in [0.717, 1.165) is 0 Å². The van der Waals surface area contributed by atoms with Crippen molar-refractivity contribution in [1.29, 1.82) is 0 Å². The van der Waals surface area contributed by atoms with E-state index in [2.05, 4.69) is 6.58 Å². The Morgan fingerprint density at radius 3 is 1.84 bits per heavy atom. The summed E-state index contributed by atoms with van der Waals surface area (Å²) in [5, 5.41) is 19.6. The number of carbonyl (C=O) groups excluding carboxylic acids is 1. The van der Waals surface area contributed by atoms with Crippen molar-refractivity contribution in [3.05, 3.63) is 99.7 Å². The van der Waals surface area contributed by atoms with Crippen molar-refractivity contribution in [2.24, 2.45) is 5.92 Å². The minimum atomic E-state index is -0.992. The molecule has 0 saturated carbocycles. The Morgan fingerprint density at radius 1 is 0.947 bits per heavy atom. The molecule has 0 spiro atoms. The van der Waals surface area contributed by atoms with Crippen LogP contribution in [0.4, 0.5) is 4.39 Å². The molecule has 6 heteroatoms. The van der Waals surface area contributed by atoms with Crippen LogP contribution >= 0.6 is 0 Å². The molecule has 1 aromatic heterocycles.